The van der Waals surface area contributed by atoms with Gasteiger partial charge in [0.2, 0.25) is 0 Å². The van der Waals surface area contributed by atoms with Crippen molar-refractivity contribution in [3.05, 3.63) is 11.2 Å². The molecule has 0 aliphatic heterocycles. The number of aldehydes is 1. The lowest BCUT2D eigenvalue weighted by molar-refractivity contribution is 0.112. The van der Waals surface area contributed by atoms with Crippen LogP contribution >= 0.6 is 11.3 Å². The highest BCUT2D eigenvalue weighted by Gasteiger charge is 1.94. The van der Waals surface area contributed by atoms with E-state index in [2.05, 4.69) is 4.98 Å². The van der Waals surface area contributed by atoms with Gasteiger partial charge in [-0.3, -0.25) is 4.79 Å². The molecule has 0 N–H and O–H groups in total. The fourth-order valence-corrected chi connectivity index (χ4v) is 0.854. The van der Waals surface area contributed by atoms with E-state index in [1.54, 1.807) is 5.51 Å². The van der Waals surface area contributed by atoms with E-state index in [4.69, 9.17) is 7.85 Å². The number of rotatable bonds is 1. The third-order valence-electron chi connectivity index (χ3n) is 0.736. The van der Waals surface area contributed by atoms with Crippen LogP contribution < -0.4 is 4.78 Å². The number of carbonyl (C=O) groups is 1. The minimum atomic E-state index is 0.343. The summed E-state index contributed by atoms with van der Waals surface area (Å²) >= 11 is 1.26. The van der Waals surface area contributed by atoms with Gasteiger partial charge >= 0.3 is 0 Å². The summed E-state index contributed by atoms with van der Waals surface area (Å²) in [5.41, 5.74) is 1.88. The number of carbonyl (C=O) groups excluding carboxylic acids is 1. The highest BCUT2D eigenvalue weighted by Crippen LogP contribution is 1.90. The maximum Gasteiger partial charge on any atom is 0.168 e. The van der Waals surface area contributed by atoms with Crippen LogP contribution in [-0.4, -0.2) is 19.1 Å². The second-order valence-corrected chi connectivity index (χ2v) is 2.11. The summed E-state index contributed by atoms with van der Waals surface area (Å²) in [7, 11) is 5.28. The summed E-state index contributed by atoms with van der Waals surface area (Å²) in [5.74, 6) is 0. The Hall–Kier alpha value is -0.635. The lowest BCUT2D eigenvalue weighted by atomic mass is 10.1. The molecule has 2 radical (unpaired) electrons. The quantitative estimate of drug-likeness (QED) is 0.380. The first-order valence-corrected chi connectivity index (χ1v) is 2.86. The number of aromatic nitrogens is 1. The molecular weight excluding hydrogens is 121 g/mol. The van der Waals surface area contributed by atoms with E-state index in [1.165, 1.54) is 11.3 Å². The molecule has 0 spiro atoms. The van der Waals surface area contributed by atoms with Gasteiger partial charge in [0.25, 0.3) is 0 Å². The van der Waals surface area contributed by atoms with E-state index in [-0.39, 0.29) is 0 Å². The molecule has 0 saturated carbocycles. The van der Waals surface area contributed by atoms with Gasteiger partial charge in [0, 0.05) is 0 Å². The molecule has 38 valence electrons. The largest absolute Gasteiger partial charge is 0.296 e. The smallest absolute Gasteiger partial charge is 0.168 e. The first-order chi connectivity index (χ1) is 3.84. The van der Waals surface area contributed by atoms with Crippen molar-refractivity contribution in [1.82, 2.24) is 4.98 Å². The highest BCUT2D eigenvalue weighted by atomic mass is 32.1. The van der Waals surface area contributed by atoms with Gasteiger partial charge < -0.3 is 0 Å². The second kappa shape index (κ2) is 2.09. The fourth-order valence-electron chi connectivity index (χ4n) is 0.352. The number of hydrogen-bond acceptors (Lipinski definition) is 3. The van der Waals surface area contributed by atoms with Gasteiger partial charge in [0.1, 0.15) is 13.5 Å². The zero-order chi connectivity index (χ0) is 5.98. The van der Waals surface area contributed by atoms with Gasteiger partial charge in [-0.2, -0.15) is 0 Å². The molecule has 0 atom stereocenters. The van der Waals surface area contributed by atoms with E-state index >= 15 is 0 Å². The molecule has 0 unspecified atom stereocenters. The molecule has 0 fully saturated rings. The van der Waals surface area contributed by atoms with E-state index in [0.717, 1.165) is 0 Å². The lowest BCUT2D eigenvalue weighted by Crippen LogP contribution is -2.02. The number of nitrogens with zero attached hydrogens (tertiary/aromatic N) is 1. The summed E-state index contributed by atoms with van der Waals surface area (Å²) in [5, 5.41) is 0. The first-order valence-electron chi connectivity index (χ1n) is 1.98. The van der Waals surface area contributed by atoms with Crippen molar-refractivity contribution in [2.75, 3.05) is 0 Å². The molecule has 0 aromatic carbocycles. The average molecular weight is 123 g/mol. The van der Waals surface area contributed by atoms with Crippen LogP contribution in [0.5, 0.6) is 0 Å². The van der Waals surface area contributed by atoms with Gasteiger partial charge in [0.15, 0.2) is 6.29 Å². The Kier molecular flexibility index (Phi) is 1.44. The summed E-state index contributed by atoms with van der Waals surface area (Å²) < 4.78 is 0.486. The molecule has 0 amide bonds. The Morgan fingerprint density at radius 2 is 2.62 bits per heavy atom. The second-order valence-electron chi connectivity index (χ2n) is 1.22. The average Bonchev–Trinajstić information content (AvgIpc) is 2.14. The molecular formula is C4H2BNOS. The Balaban J connectivity index is 3.09. The zero-order valence-electron chi connectivity index (χ0n) is 4.00. The number of hydrogen-bond donors (Lipinski definition) is 0. The maximum absolute atomic E-state index is 9.95. The third-order valence-corrected chi connectivity index (χ3v) is 1.41. The van der Waals surface area contributed by atoms with E-state index in [9.17, 15) is 4.79 Å². The predicted molar refractivity (Wildman–Crippen MR) is 32.9 cm³/mol. The predicted octanol–water partition coefficient (Wildman–Crippen LogP) is -0.251. The Morgan fingerprint density at radius 1 is 1.88 bits per heavy atom. The summed E-state index contributed by atoms with van der Waals surface area (Å²) in [6.07, 6.45) is 0.645. The van der Waals surface area contributed by atoms with Crippen LogP contribution in [0.1, 0.15) is 10.5 Å². The SMILES string of the molecule is [B]c1scnc1C=O. The molecule has 8 heavy (non-hydrogen) atoms. The summed E-state index contributed by atoms with van der Waals surface area (Å²) in [4.78, 5) is 13.6. The van der Waals surface area contributed by atoms with Crippen molar-refractivity contribution in [1.29, 1.82) is 0 Å². The molecule has 0 saturated heterocycles. The minimum Gasteiger partial charge on any atom is -0.296 e. The van der Waals surface area contributed by atoms with Crippen molar-refractivity contribution in [2.45, 2.75) is 0 Å². The van der Waals surface area contributed by atoms with Crippen LogP contribution in [-0.2, 0) is 0 Å². The molecule has 2 nitrogen and oxygen atoms in total. The van der Waals surface area contributed by atoms with Crippen LogP contribution in [0.25, 0.3) is 0 Å². The van der Waals surface area contributed by atoms with Crippen molar-refractivity contribution in [2.24, 2.45) is 0 Å². The van der Waals surface area contributed by atoms with Gasteiger partial charge in [-0.05, 0) is 4.78 Å². The van der Waals surface area contributed by atoms with Crippen molar-refractivity contribution < 1.29 is 4.79 Å². The van der Waals surface area contributed by atoms with Crippen molar-refractivity contribution in [3.63, 3.8) is 0 Å². The van der Waals surface area contributed by atoms with Crippen LogP contribution in [0, 0.1) is 0 Å². The van der Waals surface area contributed by atoms with Crippen molar-refractivity contribution >= 4 is 30.2 Å². The van der Waals surface area contributed by atoms with E-state index < -0.39 is 0 Å². The third kappa shape index (κ3) is 0.791. The lowest BCUT2D eigenvalue weighted by Gasteiger charge is -1.77. The van der Waals surface area contributed by atoms with Gasteiger partial charge in [-0.15, -0.1) is 11.3 Å². The van der Waals surface area contributed by atoms with Crippen molar-refractivity contribution in [3.8, 4) is 0 Å². The highest BCUT2D eigenvalue weighted by molar-refractivity contribution is 7.18. The fraction of sp³-hybridized carbons (Fsp3) is 0. The molecule has 1 aromatic heterocycles. The monoisotopic (exact) mass is 123 g/mol. The Bertz CT molecular complexity index is 198. The van der Waals surface area contributed by atoms with Gasteiger partial charge in [0.05, 0.1) is 5.51 Å². The summed E-state index contributed by atoms with van der Waals surface area (Å²) in [6, 6.07) is 0. The molecule has 1 aromatic rings. The normalized spacial score (nSPS) is 9.00. The molecule has 1 rings (SSSR count). The topological polar surface area (TPSA) is 30.0 Å². The van der Waals surface area contributed by atoms with E-state index in [1.807, 2.05) is 0 Å². The summed E-state index contributed by atoms with van der Waals surface area (Å²) in [6.45, 7) is 0. The number of thiazole rings is 1. The standard InChI is InChI=1S/C4H2BNOS/c5-4-3(1-7)6-2-8-4/h1-2H. The molecule has 0 aliphatic rings. The Morgan fingerprint density at radius 3 is 2.88 bits per heavy atom. The van der Waals surface area contributed by atoms with Gasteiger partial charge in [-0.1, -0.05) is 0 Å². The molecule has 0 aliphatic carbocycles. The van der Waals surface area contributed by atoms with Crippen LogP contribution in [0.15, 0.2) is 5.51 Å². The minimum absolute atomic E-state index is 0.343. The van der Waals surface area contributed by atoms with Crippen LogP contribution in [0.3, 0.4) is 0 Å². The van der Waals surface area contributed by atoms with E-state index in [0.29, 0.717) is 16.8 Å². The van der Waals surface area contributed by atoms with Crippen LogP contribution in [0.4, 0.5) is 0 Å². The Labute approximate surface area is 52.0 Å². The first kappa shape index (κ1) is 5.50. The van der Waals surface area contributed by atoms with Gasteiger partial charge in [-0.25, -0.2) is 4.98 Å². The molecule has 4 heteroatoms. The molecule has 1 heterocycles. The zero-order valence-corrected chi connectivity index (χ0v) is 4.81. The van der Waals surface area contributed by atoms with Crippen LogP contribution in [0.2, 0.25) is 0 Å². The maximum atomic E-state index is 9.95. The molecule has 0 bridgehead atoms.